The van der Waals surface area contributed by atoms with Gasteiger partial charge >= 0.3 is 0 Å². The van der Waals surface area contributed by atoms with Crippen LogP contribution in [0.15, 0.2) is 12.4 Å². The van der Waals surface area contributed by atoms with Crippen LogP contribution in [0.25, 0.3) is 11.0 Å². The van der Waals surface area contributed by atoms with Crippen LogP contribution in [0, 0.1) is 6.92 Å². The number of rotatable bonds is 12. The van der Waals surface area contributed by atoms with E-state index in [-0.39, 0.29) is 0 Å². The van der Waals surface area contributed by atoms with Gasteiger partial charge in [0, 0.05) is 19.2 Å². The van der Waals surface area contributed by atoms with Crippen LogP contribution in [-0.4, -0.2) is 34.5 Å². The summed E-state index contributed by atoms with van der Waals surface area (Å²) in [5, 5.41) is 0. The Morgan fingerprint density at radius 3 is 2.42 bits per heavy atom. The predicted octanol–water partition coefficient (Wildman–Crippen LogP) is 4.47. The van der Waals surface area contributed by atoms with E-state index in [0.717, 1.165) is 74.8 Å². The zero-order valence-corrected chi connectivity index (χ0v) is 17.3. The number of hydrogen-bond donors (Lipinski definition) is 0. The fourth-order valence-electron chi connectivity index (χ4n) is 3.31. The number of aryl methyl sites for hydroxylation is 3. The van der Waals surface area contributed by atoms with Gasteiger partial charge in [-0.25, -0.2) is 13.4 Å². The molecule has 0 amide bonds. The zero-order chi connectivity index (χ0) is 19.0. The quantitative estimate of drug-likeness (QED) is 0.510. The van der Waals surface area contributed by atoms with E-state index in [1.54, 1.807) is 0 Å². The van der Waals surface area contributed by atoms with Gasteiger partial charge in [0.25, 0.3) is 0 Å². The van der Waals surface area contributed by atoms with Crippen molar-refractivity contribution in [3.8, 4) is 0 Å². The van der Waals surface area contributed by atoms with Crippen LogP contribution < -0.4 is 0 Å². The van der Waals surface area contributed by atoms with Crippen molar-refractivity contribution in [2.45, 2.75) is 78.7 Å². The molecule has 2 aromatic rings. The van der Waals surface area contributed by atoms with Crippen LogP contribution >= 0.6 is 0 Å². The van der Waals surface area contributed by atoms with E-state index >= 15 is 0 Å². The lowest BCUT2D eigenvalue weighted by Gasteiger charge is -2.10. The third kappa shape index (κ3) is 5.79. The molecule has 5 nitrogen and oxygen atoms in total. The molecular weight excluding hydrogens is 346 g/mol. The summed E-state index contributed by atoms with van der Waals surface area (Å²) in [6.07, 6.45) is 11.4. The molecule has 0 spiro atoms. The molecule has 0 aliphatic rings. The molecule has 2 aromatic heterocycles. The Morgan fingerprint density at radius 1 is 0.962 bits per heavy atom. The molecule has 0 aliphatic carbocycles. The molecule has 0 atom stereocenters. The summed E-state index contributed by atoms with van der Waals surface area (Å²) in [7, 11) is -2.87. The predicted molar refractivity (Wildman–Crippen MR) is 108 cm³/mol. The van der Waals surface area contributed by atoms with Gasteiger partial charge in [-0.15, -0.1) is 0 Å². The minimum absolute atomic E-state index is 0.323. The largest absolute Gasteiger partial charge is 0.328 e. The first kappa shape index (κ1) is 20.9. The minimum Gasteiger partial charge on any atom is -0.328 e. The van der Waals surface area contributed by atoms with Gasteiger partial charge in [-0.1, -0.05) is 33.1 Å². The zero-order valence-electron chi connectivity index (χ0n) is 16.5. The Bertz CT molecular complexity index is 797. The van der Waals surface area contributed by atoms with E-state index in [1.807, 2.05) is 19.3 Å². The lowest BCUT2D eigenvalue weighted by atomic mass is 10.2. The number of nitrogens with zero attached hydrogens (tertiary/aromatic N) is 3. The first-order chi connectivity index (χ1) is 12.5. The Balaban J connectivity index is 1.97. The van der Waals surface area contributed by atoms with Gasteiger partial charge < -0.3 is 4.57 Å². The van der Waals surface area contributed by atoms with Crippen molar-refractivity contribution in [3.63, 3.8) is 0 Å². The molecule has 0 aliphatic heterocycles. The third-order valence-electron chi connectivity index (χ3n) is 4.81. The number of hydrogen-bond acceptors (Lipinski definition) is 4. The molecule has 0 N–H and O–H groups in total. The summed E-state index contributed by atoms with van der Waals surface area (Å²) in [6, 6.07) is 0. The minimum atomic E-state index is -2.87. The van der Waals surface area contributed by atoms with E-state index in [1.165, 1.54) is 5.52 Å². The molecule has 26 heavy (non-hydrogen) atoms. The molecule has 0 bridgehead atoms. The van der Waals surface area contributed by atoms with Gasteiger partial charge in [-0.2, -0.15) is 0 Å². The number of unbranched alkanes of at least 4 members (excludes halogenated alkanes) is 4. The SMILES string of the molecule is CCCCc1nc2cncc(C)c2n1CCCCCS(=O)(=O)CCCC. The first-order valence-electron chi connectivity index (χ1n) is 9.98. The average Bonchev–Trinajstić information content (AvgIpc) is 2.97. The Kier molecular flexibility index (Phi) is 8.07. The molecule has 0 saturated carbocycles. The number of pyridine rings is 1. The van der Waals surface area contributed by atoms with Crippen LogP contribution in [0.4, 0.5) is 0 Å². The fraction of sp³-hybridized carbons (Fsp3) is 0.700. The first-order valence-corrected chi connectivity index (χ1v) is 11.8. The number of sulfone groups is 1. The van der Waals surface area contributed by atoms with Gasteiger partial charge in [0.2, 0.25) is 0 Å². The maximum Gasteiger partial charge on any atom is 0.150 e. The molecule has 0 aromatic carbocycles. The van der Waals surface area contributed by atoms with Crippen molar-refractivity contribution in [1.82, 2.24) is 14.5 Å². The maximum absolute atomic E-state index is 12.0. The van der Waals surface area contributed by atoms with Crippen LogP contribution in [-0.2, 0) is 22.8 Å². The lowest BCUT2D eigenvalue weighted by molar-refractivity contribution is 0.568. The Morgan fingerprint density at radius 2 is 1.69 bits per heavy atom. The van der Waals surface area contributed by atoms with E-state index in [0.29, 0.717) is 11.5 Å². The smallest absolute Gasteiger partial charge is 0.150 e. The second kappa shape index (κ2) is 10.0. The summed E-state index contributed by atoms with van der Waals surface area (Å²) in [6.45, 7) is 7.20. The Hall–Kier alpha value is -1.43. The topological polar surface area (TPSA) is 64.8 Å². The molecular formula is C20H33N3O2S. The van der Waals surface area contributed by atoms with Crippen molar-refractivity contribution >= 4 is 20.9 Å². The van der Waals surface area contributed by atoms with Crippen molar-refractivity contribution in [2.75, 3.05) is 11.5 Å². The summed E-state index contributed by atoms with van der Waals surface area (Å²) < 4.78 is 26.2. The van der Waals surface area contributed by atoms with Gasteiger partial charge in [-0.3, -0.25) is 4.98 Å². The number of aromatic nitrogens is 3. The second-order valence-corrected chi connectivity index (χ2v) is 9.48. The summed E-state index contributed by atoms with van der Waals surface area (Å²) in [5.41, 5.74) is 3.31. The van der Waals surface area contributed by atoms with E-state index in [2.05, 4.69) is 23.4 Å². The normalized spacial score (nSPS) is 12.1. The maximum atomic E-state index is 12.0. The fourth-order valence-corrected chi connectivity index (χ4v) is 4.88. The standard InChI is InChI=1S/C20H33N3O2S/c1-4-6-11-19-22-18-16-21-15-17(3)20(18)23(19)12-9-8-10-14-26(24,25)13-7-5-2/h15-16H,4-14H2,1-3H3. The highest BCUT2D eigenvalue weighted by Gasteiger charge is 2.13. The van der Waals surface area contributed by atoms with Crippen LogP contribution in [0.5, 0.6) is 0 Å². The van der Waals surface area contributed by atoms with Gasteiger partial charge in [0.15, 0.2) is 0 Å². The number of imidazole rings is 1. The molecule has 2 rings (SSSR count). The van der Waals surface area contributed by atoms with Crippen molar-refractivity contribution in [2.24, 2.45) is 0 Å². The van der Waals surface area contributed by atoms with Crippen LogP contribution in [0.3, 0.4) is 0 Å². The summed E-state index contributed by atoms with van der Waals surface area (Å²) in [5.74, 6) is 1.79. The molecule has 0 unspecified atom stereocenters. The van der Waals surface area contributed by atoms with Crippen molar-refractivity contribution < 1.29 is 8.42 Å². The highest BCUT2D eigenvalue weighted by Crippen LogP contribution is 2.21. The summed E-state index contributed by atoms with van der Waals surface area (Å²) in [4.78, 5) is 9.05. The van der Waals surface area contributed by atoms with E-state index in [9.17, 15) is 8.42 Å². The monoisotopic (exact) mass is 379 g/mol. The van der Waals surface area contributed by atoms with Crippen molar-refractivity contribution in [3.05, 3.63) is 23.8 Å². The van der Waals surface area contributed by atoms with Gasteiger partial charge in [0.05, 0.1) is 23.2 Å². The lowest BCUT2D eigenvalue weighted by Crippen LogP contribution is -2.11. The highest BCUT2D eigenvalue weighted by molar-refractivity contribution is 7.91. The van der Waals surface area contributed by atoms with Crippen molar-refractivity contribution in [1.29, 1.82) is 0 Å². The van der Waals surface area contributed by atoms with Crippen LogP contribution in [0.1, 0.15) is 70.2 Å². The molecule has 6 heteroatoms. The average molecular weight is 380 g/mol. The Labute approximate surface area is 158 Å². The second-order valence-electron chi connectivity index (χ2n) is 7.17. The molecule has 146 valence electrons. The third-order valence-corrected chi connectivity index (χ3v) is 6.63. The molecule has 2 heterocycles. The van der Waals surface area contributed by atoms with E-state index < -0.39 is 9.84 Å². The highest BCUT2D eigenvalue weighted by atomic mass is 32.2. The molecule has 0 radical (unpaired) electrons. The van der Waals surface area contributed by atoms with E-state index in [4.69, 9.17) is 4.98 Å². The molecule has 0 fully saturated rings. The summed E-state index contributed by atoms with van der Waals surface area (Å²) >= 11 is 0. The number of fused-ring (bicyclic) bond motifs is 1. The van der Waals surface area contributed by atoms with Crippen LogP contribution in [0.2, 0.25) is 0 Å². The molecule has 0 saturated heterocycles. The van der Waals surface area contributed by atoms with Gasteiger partial charge in [-0.05, 0) is 38.2 Å². The van der Waals surface area contributed by atoms with Gasteiger partial charge in [0.1, 0.15) is 21.2 Å².